The number of imidazole rings is 1. The number of aromatic nitrogens is 5. The minimum atomic E-state index is -0.286. The average Bonchev–Trinajstić information content (AvgIpc) is 3.16. The van der Waals surface area contributed by atoms with Crippen LogP contribution < -0.4 is 10.5 Å². The molecular formula is C16H17N7O2S. The number of rotatable bonds is 4. The van der Waals surface area contributed by atoms with Crippen LogP contribution in [0.5, 0.6) is 0 Å². The molecule has 0 bridgehead atoms. The van der Waals surface area contributed by atoms with Crippen LogP contribution in [0.2, 0.25) is 0 Å². The molecule has 1 fully saturated rings. The van der Waals surface area contributed by atoms with Crippen LogP contribution in [0.4, 0.5) is 5.82 Å². The Hall–Kier alpha value is -2.88. The molecule has 3 aromatic heterocycles. The number of hydrogen-bond donors (Lipinski definition) is 2. The van der Waals surface area contributed by atoms with Crippen LogP contribution in [0.3, 0.4) is 0 Å². The Morgan fingerprint density at radius 3 is 2.81 bits per heavy atom. The molecule has 2 N–H and O–H groups in total. The van der Waals surface area contributed by atoms with Gasteiger partial charge in [-0.1, -0.05) is 17.8 Å². The Morgan fingerprint density at radius 1 is 1.19 bits per heavy atom. The van der Waals surface area contributed by atoms with E-state index >= 15 is 0 Å². The third-order valence-electron chi connectivity index (χ3n) is 4.21. The second kappa shape index (κ2) is 7.16. The minimum absolute atomic E-state index is 0.0282. The highest BCUT2D eigenvalue weighted by atomic mass is 32.2. The molecule has 0 saturated carbocycles. The fourth-order valence-electron chi connectivity index (χ4n) is 2.84. The van der Waals surface area contributed by atoms with Crippen molar-refractivity contribution in [2.45, 2.75) is 5.16 Å². The zero-order valence-electron chi connectivity index (χ0n) is 13.9. The smallest absolute Gasteiger partial charge is 0.277 e. The number of H-pyrrole nitrogens is 2. The average molecular weight is 371 g/mol. The van der Waals surface area contributed by atoms with E-state index < -0.39 is 0 Å². The van der Waals surface area contributed by atoms with Gasteiger partial charge in [0.05, 0.1) is 12.1 Å². The summed E-state index contributed by atoms with van der Waals surface area (Å²) in [6.07, 6.45) is 3.20. The first-order valence-electron chi connectivity index (χ1n) is 8.20. The molecule has 1 aliphatic rings. The molecular weight excluding hydrogens is 354 g/mol. The number of nitrogens with zero attached hydrogens (tertiary/aromatic N) is 5. The SMILES string of the molecule is O=C(CSc1nc2nc[nH]c2c(=O)[nH]1)N1CCN(c2ccccn2)CC1. The van der Waals surface area contributed by atoms with Gasteiger partial charge in [0, 0.05) is 32.4 Å². The van der Waals surface area contributed by atoms with Crippen molar-refractivity contribution in [3.8, 4) is 0 Å². The Kier molecular flexibility index (Phi) is 4.57. The van der Waals surface area contributed by atoms with Gasteiger partial charge in [0.1, 0.15) is 5.82 Å². The number of carbonyl (C=O) groups is 1. The van der Waals surface area contributed by atoms with E-state index in [0.29, 0.717) is 29.4 Å². The number of pyridine rings is 1. The fraction of sp³-hybridized carbons (Fsp3) is 0.312. The van der Waals surface area contributed by atoms with Crippen molar-refractivity contribution in [3.05, 3.63) is 41.1 Å². The van der Waals surface area contributed by atoms with Crippen LogP contribution in [0.1, 0.15) is 0 Å². The fourth-order valence-corrected chi connectivity index (χ4v) is 3.60. The number of carbonyl (C=O) groups excluding carboxylic acids is 1. The molecule has 3 aromatic rings. The number of thioether (sulfide) groups is 1. The van der Waals surface area contributed by atoms with Crippen LogP contribution in [0.15, 0.2) is 40.7 Å². The monoisotopic (exact) mass is 371 g/mol. The summed E-state index contributed by atoms with van der Waals surface area (Å²) in [6, 6.07) is 5.82. The number of hydrogen-bond acceptors (Lipinski definition) is 7. The van der Waals surface area contributed by atoms with Crippen molar-refractivity contribution in [2.24, 2.45) is 0 Å². The summed E-state index contributed by atoms with van der Waals surface area (Å²) in [7, 11) is 0. The van der Waals surface area contributed by atoms with Gasteiger partial charge in [-0.05, 0) is 12.1 Å². The summed E-state index contributed by atoms with van der Waals surface area (Å²) in [5.74, 6) is 1.19. The van der Waals surface area contributed by atoms with E-state index in [9.17, 15) is 9.59 Å². The summed E-state index contributed by atoms with van der Waals surface area (Å²) in [4.78, 5) is 46.3. The number of nitrogens with one attached hydrogen (secondary N) is 2. The van der Waals surface area contributed by atoms with Crippen molar-refractivity contribution >= 4 is 34.7 Å². The molecule has 9 nitrogen and oxygen atoms in total. The Morgan fingerprint density at radius 2 is 2.04 bits per heavy atom. The van der Waals surface area contributed by atoms with Crippen molar-refractivity contribution in [1.82, 2.24) is 29.8 Å². The van der Waals surface area contributed by atoms with Crippen molar-refractivity contribution in [1.29, 1.82) is 0 Å². The predicted octanol–water partition coefficient (Wildman–Crippen LogP) is 0.482. The van der Waals surface area contributed by atoms with Crippen LogP contribution in [-0.2, 0) is 4.79 Å². The van der Waals surface area contributed by atoms with E-state index in [2.05, 4.69) is 29.8 Å². The molecule has 26 heavy (non-hydrogen) atoms. The minimum Gasteiger partial charge on any atom is -0.353 e. The molecule has 0 spiro atoms. The zero-order chi connectivity index (χ0) is 17.9. The molecule has 134 valence electrons. The summed E-state index contributed by atoms with van der Waals surface area (Å²) in [6.45, 7) is 2.81. The normalized spacial score (nSPS) is 14.8. The highest BCUT2D eigenvalue weighted by Gasteiger charge is 2.22. The van der Waals surface area contributed by atoms with E-state index in [-0.39, 0.29) is 17.2 Å². The van der Waals surface area contributed by atoms with Gasteiger partial charge >= 0.3 is 0 Å². The van der Waals surface area contributed by atoms with Gasteiger partial charge < -0.3 is 14.8 Å². The van der Waals surface area contributed by atoms with Gasteiger partial charge in [-0.25, -0.2) is 15.0 Å². The maximum absolute atomic E-state index is 12.4. The predicted molar refractivity (Wildman–Crippen MR) is 98.3 cm³/mol. The quantitative estimate of drug-likeness (QED) is 0.507. The maximum Gasteiger partial charge on any atom is 0.277 e. The van der Waals surface area contributed by atoms with E-state index in [4.69, 9.17) is 0 Å². The molecule has 0 atom stereocenters. The van der Waals surface area contributed by atoms with E-state index in [0.717, 1.165) is 18.9 Å². The molecule has 10 heteroatoms. The van der Waals surface area contributed by atoms with Gasteiger partial charge in [-0.3, -0.25) is 14.6 Å². The first-order valence-corrected chi connectivity index (χ1v) is 9.19. The van der Waals surface area contributed by atoms with Gasteiger partial charge in [0.2, 0.25) is 5.91 Å². The second-order valence-corrected chi connectivity index (χ2v) is 6.78. The molecule has 1 saturated heterocycles. The first-order chi connectivity index (χ1) is 12.7. The lowest BCUT2D eigenvalue weighted by atomic mass is 10.3. The molecule has 1 amide bonds. The largest absolute Gasteiger partial charge is 0.353 e. The summed E-state index contributed by atoms with van der Waals surface area (Å²) in [5.41, 5.74) is 0.408. The van der Waals surface area contributed by atoms with Crippen LogP contribution in [-0.4, -0.2) is 67.7 Å². The third kappa shape index (κ3) is 3.40. The Bertz CT molecular complexity index is 963. The summed E-state index contributed by atoms with van der Waals surface area (Å²) < 4.78 is 0. The molecule has 1 aliphatic heterocycles. The Labute approximate surface area is 152 Å². The Balaban J connectivity index is 1.33. The standard InChI is InChI=1S/C16H17N7O2S/c24-12(9-26-16-20-14-13(15(25)21-16)18-10-19-14)23-7-5-22(6-8-23)11-3-1-2-4-17-11/h1-4,10H,5-9H2,(H2,18,19,20,21,25). The number of piperazine rings is 1. The first kappa shape index (κ1) is 16.6. The number of aromatic amines is 2. The summed E-state index contributed by atoms with van der Waals surface area (Å²) in [5, 5.41) is 0.398. The topological polar surface area (TPSA) is 111 Å². The number of amides is 1. The van der Waals surface area contributed by atoms with Crippen LogP contribution in [0.25, 0.3) is 11.2 Å². The maximum atomic E-state index is 12.4. The lowest BCUT2D eigenvalue weighted by Gasteiger charge is -2.35. The van der Waals surface area contributed by atoms with Crippen LogP contribution in [0, 0.1) is 0 Å². The number of anilines is 1. The van der Waals surface area contributed by atoms with Gasteiger partial charge in [-0.2, -0.15) is 0 Å². The molecule has 0 aliphatic carbocycles. The van der Waals surface area contributed by atoms with Gasteiger partial charge in [0.25, 0.3) is 5.56 Å². The van der Waals surface area contributed by atoms with Crippen molar-refractivity contribution < 1.29 is 4.79 Å². The zero-order valence-corrected chi connectivity index (χ0v) is 14.7. The van der Waals surface area contributed by atoms with Crippen molar-refractivity contribution in [3.63, 3.8) is 0 Å². The summed E-state index contributed by atoms with van der Waals surface area (Å²) >= 11 is 1.21. The van der Waals surface area contributed by atoms with Crippen molar-refractivity contribution in [2.75, 3.05) is 36.8 Å². The van der Waals surface area contributed by atoms with E-state index in [1.807, 2.05) is 23.1 Å². The number of fused-ring (bicyclic) bond motifs is 1. The lowest BCUT2D eigenvalue weighted by molar-refractivity contribution is -0.128. The molecule has 4 rings (SSSR count). The van der Waals surface area contributed by atoms with Gasteiger partial charge in [0.15, 0.2) is 16.3 Å². The molecule has 0 radical (unpaired) electrons. The third-order valence-corrected chi connectivity index (χ3v) is 5.07. The highest BCUT2D eigenvalue weighted by Crippen LogP contribution is 2.16. The van der Waals surface area contributed by atoms with Crippen LogP contribution >= 0.6 is 11.8 Å². The molecule has 0 aromatic carbocycles. The lowest BCUT2D eigenvalue weighted by Crippen LogP contribution is -2.49. The van der Waals surface area contributed by atoms with E-state index in [1.54, 1.807) is 6.20 Å². The highest BCUT2D eigenvalue weighted by molar-refractivity contribution is 7.99. The van der Waals surface area contributed by atoms with E-state index in [1.165, 1.54) is 18.1 Å². The molecule has 0 unspecified atom stereocenters. The second-order valence-electron chi connectivity index (χ2n) is 5.82. The molecule has 4 heterocycles. The van der Waals surface area contributed by atoms with Gasteiger partial charge in [-0.15, -0.1) is 0 Å².